The lowest BCUT2D eigenvalue weighted by molar-refractivity contribution is -0.119. The summed E-state index contributed by atoms with van der Waals surface area (Å²) in [5, 5.41) is 3.77. The second-order valence-electron chi connectivity index (χ2n) is 8.79. The number of ketones is 2. The maximum atomic E-state index is 13.1. The number of allylic oxidation sites excluding steroid dienone is 4. The number of hydrogen-bond donors (Lipinski definition) is 1. The third-order valence-corrected chi connectivity index (χ3v) is 6.90. The van der Waals surface area contributed by atoms with Crippen molar-refractivity contribution in [2.45, 2.75) is 44.4 Å². The number of anilines is 1. The number of hydrogen-bond acceptors (Lipinski definition) is 5. The van der Waals surface area contributed by atoms with Gasteiger partial charge in [0.15, 0.2) is 18.2 Å². The molecule has 1 N–H and O–H groups in total. The largest absolute Gasteiger partial charge is 0.483 e. The maximum Gasteiger partial charge on any atom is 0.262 e. The molecule has 35 heavy (non-hydrogen) atoms. The van der Waals surface area contributed by atoms with Crippen molar-refractivity contribution in [3.05, 3.63) is 80.7 Å². The van der Waals surface area contributed by atoms with Crippen LogP contribution in [0.4, 0.5) is 5.69 Å². The van der Waals surface area contributed by atoms with E-state index in [0.29, 0.717) is 88.2 Å². The first-order valence-electron chi connectivity index (χ1n) is 11.6. The zero-order valence-corrected chi connectivity index (χ0v) is 20.4. The predicted octanol–water partition coefficient (Wildman–Crippen LogP) is 6.14. The van der Waals surface area contributed by atoms with Gasteiger partial charge < -0.3 is 14.8 Å². The summed E-state index contributed by atoms with van der Waals surface area (Å²) in [6, 6.07) is 11.8. The molecule has 3 aliphatic rings. The summed E-state index contributed by atoms with van der Waals surface area (Å²) in [5.41, 5.74) is 2.19. The minimum Gasteiger partial charge on any atom is -0.483 e. The number of benzene rings is 2. The summed E-state index contributed by atoms with van der Waals surface area (Å²) in [5.74, 6) is 0.602. The van der Waals surface area contributed by atoms with E-state index in [4.69, 9.17) is 32.7 Å². The molecule has 0 saturated heterocycles. The second kappa shape index (κ2) is 9.88. The zero-order chi connectivity index (χ0) is 24.5. The van der Waals surface area contributed by atoms with Gasteiger partial charge in [-0.15, -0.1) is 0 Å². The van der Waals surface area contributed by atoms with Gasteiger partial charge in [0.25, 0.3) is 5.91 Å². The Hall–Kier alpha value is -3.09. The van der Waals surface area contributed by atoms with E-state index in [1.807, 2.05) is 0 Å². The Morgan fingerprint density at radius 1 is 0.886 bits per heavy atom. The fourth-order valence-corrected chi connectivity index (χ4v) is 5.19. The van der Waals surface area contributed by atoms with Crippen LogP contribution in [0.5, 0.6) is 5.75 Å². The quantitative estimate of drug-likeness (QED) is 0.521. The number of Topliss-reactive ketones (excluding diaryl/α,β-unsaturated/α-hetero) is 2. The Bertz CT molecular complexity index is 1240. The van der Waals surface area contributed by atoms with Crippen LogP contribution in [0.1, 0.15) is 50.0 Å². The molecule has 2 aromatic rings. The summed E-state index contributed by atoms with van der Waals surface area (Å²) in [6.45, 7) is -0.264. The number of carbonyl (C=O) groups is 3. The van der Waals surface area contributed by atoms with Crippen molar-refractivity contribution in [2.75, 3.05) is 11.9 Å². The highest BCUT2D eigenvalue weighted by molar-refractivity contribution is 6.31. The van der Waals surface area contributed by atoms with Gasteiger partial charge in [0.1, 0.15) is 17.3 Å². The molecular weight excluding hydrogens is 489 g/mol. The van der Waals surface area contributed by atoms with Gasteiger partial charge in [-0.05, 0) is 55.3 Å². The molecule has 0 fully saturated rings. The van der Waals surface area contributed by atoms with Gasteiger partial charge in [-0.25, -0.2) is 0 Å². The van der Waals surface area contributed by atoms with E-state index in [1.54, 1.807) is 42.5 Å². The van der Waals surface area contributed by atoms with Crippen LogP contribution in [0, 0.1) is 0 Å². The molecule has 1 heterocycles. The van der Waals surface area contributed by atoms with E-state index >= 15 is 0 Å². The van der Waals surface area contributed by atoms with Gasteiger partial charge in [0.2, 0.25) is 0 Å². The minimum absolute atomic E-state index is 0.0346. The lowest BCUT2D eigenvalue weighted by Crippen LogP contribution is -2.30. The molecule has 0 saturated carbocycles. The van der Waals surface area contributed by atoms with Crippen molar-refractivity contribution in [1.82, 2.24) is 0 Å². The zero-order valence-electron chi connectivity index (χ0n) is 18.9. The van der Waals surface area contributed by atoms with Crippen LogP contribution in [0.3, 0.4) is 0 Å². The average Bonchev–Trinajstić information content (AvgIpc) is 2.84. The molecule has 6 nitrogen and oxygen atoms in total. The molecule has 2 aromatic carbocycles. The summed E-state index contributed by atoms with van der Waals surface area (Å²) in [4.78, 5) is 38.7. The number of rotatable bonds is 5. The van der Waals surface area contributed by atoms with Crippen molar-refractivity contribution in [2.24, 2.45) is 0 Å². The summed E-state index contributed by atoms with van der Waals surface area (Å²) in [6.07, 6.45) is 3.51. The van der Waals surface area contributed by atoms with E-state index in [9.17, 15) is 14.4 Å². The molecule has 1 amide bonds. The van der Waals surface area contributed by atoms with Crippen molar-refractivity contribution in [1.29, 1.82) is 0 Å². The normalized spacial score (nSPS) is 18.1. The van der Waals surface area contributed by atoms with E-state index in [1.165, 1.54) is 0 Å². The molecule has 0 aromatic heterocycles. The monoisotopic (exact) mass is 511 g/mol. The van der Waals surface area contributed by atoms with Crippen molar-refractivity contribution in [3.63, 3.8) is 0 Å². The molecule has 0 bridgehead atoms. The summed E-state index contributed by atoms with van der Waals surface area (Å²) >= 11 is 12.3. The Morgan fingerprint density at radius 2 is 1.49 bits per heavy atom. The van der Waals surface area contributed by atoms with Crippen LogP contribution in [0.25, 0.3) is 0 Å². The molecule has 180 valence electrons. The molecule has 2 aliphatic carbocycles. The molecule has 0 spiro atoms. The van der Waals surface area contributed by atoms with Gasteiger partial charge >= 0.3 is 0 Å². The number of ether oxygens (including phenoxy) is 2. The van der Waals surface area contributed by atoms with Crippen LogP contribution in [-0.4, -0.2) is 24.1 Å². The summed E-state index contributed by atoms with van der Waals surface area (Å²) in [7, 11) is 0. The summed E-state index contributed by atoms with van der Waals surface area (Å²) < 4.78 is 12.0. The highest BCUT2D eigenvalue weighted by atomic mass is 35.5. The van der Waals surface area contributed by atoms with Crippen molar-refractivity contribution in [3.8, 4) is 5.75 Å². The van der Waals surface area contributed by atoms with E-state index < -0.39 is 5.92 Å². The molecule has 5 rings (SSSR count). The first-order valence-corrected chi connectivity index (χ1v) is 12.3. The van der Waals surface area contributed by atoms with Gasteiger partial charge in [-0.2, -0.15) is 0 Å². The number of amides is 1. The Morgan fingerprint density at radius 3 is 2.11 bits per heavy atom. The lowest BCUT2D eigenvalue weighted by atomic mass is 9.73. The highest BCUT2D eigenvalue weighted by Crippen LogP contribution is 2.50. The molecule has 8 heteroatoms. The molecule has 0 unspecified atom stereocenters. The van der Waals surface area contributed by atoms with E-state index in [2.05, 4.69) is 5.32 Å². The smallest absolute Gasteiger partial charge is 0.262 e. The van der Waals surface area contributed by atoms with Crippen LogP contribution in [-0.2, 0) is 19.1 Å². The number of halogens is 2. The Labute approximate surface area is 212 Å². The molecule has 1 aliphatic heterocycles. The second-order valence-corrected chi connectivity index (χ2v) is 9.66. The van der Waals surface area contributed by atoms with Gasteiger partial charge in [0, 0.05) is 58.1 Å². The van der Waals surface area contributed by atoms with Crippen LogP contribution in [0.15, 0.2) is 65.1 Å². The van der Waals surface area contributed by atoms with E-state index in [-0.39, 0.29) is 24.1 Å². The topological polar surface area (TPSA) is 81.7 Å². The fraction of sp³-hybridized carbons (Fsp3) is 0.296. The third-order valence-electron chi connectivity index (χ3n) is 6.41. The van der Waals surface area contributed by atoms with E-state index in [0.717, 1.165) is 0 Å². The first kappa shape index (κ1) is 23.6. The number of carbonyl (C=O) groups excluding carboxylic acids is 3. The van der Waals surface area contributed by atoms with Crippen molar-refractivity contribution < 1.29 is 23.9 Å². The minimum atomic E-state index is -0.623. The molecule has 0 radical (unpaired) electrons. The SMILES string of the molecule is O=C(COc1ccc(Cl)cc1C1C2=C(CCCC2=O)OC2=C1C(=O)CCC2)Nc1ccc(Cl)cc1. The van der Waals surface area contributed by atoms with Gasteiger partial charge in [0.05, 0.1) is 5.92 Å². The van der Waals surface area contributed by atoms with Crippen LogP contribution in [0.2, 0.25) is 10.0 Å². The maximum absolute atomic E-state index is 13.1. The predicted molar refractivity (Wildman–Crippen MR) is 133 cm³/mol. The fourth-order valence-electron chi connectivity index (χ4n) is 4.88. The Kier molecular flexibility index (Phi) is 6.67. The third kappa shape index (κ3) is 4.86. The average molecular weight is 512 g/mol. The van der Waals surface area contributed by atoms with Gasteiger partial charge in [-0.3, -0.25) is 14.4 Å². The molecule has 0 atom stereocenters. The van der Waals surface area contributed by atoms with Crippen LogP contribution >= 0.6 is 23.2 Å². The number of nitrogens with one attached hydrogen (secondary N) is 1. The van der Waals surface area contributed by atoms with Crippen molar-refractivity contribution >= 4 is 46.4 Å². The van der Waals surface area contributed by atoms with Crippen LogP contribution < -0.4 is 10.1 Å². The lowest BCUT2D eigenvalue weighted by Gasteiger charge is -2.36. The van der Waals surface area contributed by atoms with Gasteiger partial charge in [-0.1, -0.05) is 23.2 Å². The standard InChI is InChI=1S/C27H23Cl2NO5/c28-15-7-10-17(11-8-15)30-24(33)14-34-21-12-9-16(29)13-18(21)25-26-19(31)3-1-5-22(26)35-23-6-2-4-20(32)27(23)25/h7-13,25H,1-6,14H2,(H,30,33). The molecular formula is C27H23Cl2NO5. The highest BCUT2D eigenvalue weighted by Gasteiger charge is 2.42. The first-order chi connectivity index (χ1) is 16.9. The Balaban J connectivity index is 1.48.